The molecule has 2 heterocycles. The van der Waals surface area contributed by atoms with Gasteiger partial charge in [-0.25, -0.2) is 16.8 Å². The molecular weight excluding hydrogens is 394 g/mol. The maximum atomic E-state index is 12.2. The monoisotopic (exact) mass is 419 g/mol. The summed E-state index contributed by atoms with van der Waals surface area (Å²) < 4.78 is 49.0. The molecule has 0 radical (unpaired) electrons. The van der Waals surface area contributed by atoms with Crippen molar-refractivity contribution in [3.63, 3.8) is 0 Å². The molecule has 150 valence electrons. The fraction of sp³-hybridized carbons (Fsp3) is 0.429. The molecule has 4 rings (SSSR count). The van der Waals surface area contributed by atoms with Crippen molar-refractivity contribution in [1.29, 1.82) is 0 Å². The van der Waals surface area contributed by atoms with Gasteiger partial charge in [0.1, 0.15) is 0 Å². The molecule has 7 heteroatoms. The van der Waals surface area contributed by atoms with Crippen LogP contribution in [0.3, 0.4) is 0 Å². The van der Waals surface area contributed by atoms with Crippen molar-refractivity contribution in [3.05, 3.63) is 71.8 Å². The van der Waals surface area contributed by atoms with E-state index in [9.17, 15) is 16.8 Å². The van der Waals surface area contributed by atoms with Crippen LogP contribution in [0.5, 0.6) is 0 Å². The van der Waals surface area contributed by atoms with E-state index in [1.807, 2.05) is 60.7 Å². The Balaban J connectivity index is 1.81. The molecule has 2 atom stereocenters. The lowest BCUT2D eigenvalue weighted by Gasteiger charge is -2.40. The minimum Gasteiger partial charge on any atom is -0.284 e. The van der Waals surface area contributed by atoms with Crippen LogP contribution < -0.4 is 0 Å². The van der Waals surface area contributed by atoms with Gasteiger partial charge in [-0.05, 0) is 24.0 Å². The second-order valence-corrected chi connectivity index (χ2v) is 12.2. The molecule has 2 aromatic carbocycles. The van der Waals surface area contributed by atoms with Gasteiger partial charge in [-0.15, -0.1) is 0 Å². The van der Waals surface area contributed by atoms with E-state index in [2.05, 4.69) is 4.90 Å². The molecule has 0 unspecified atom stereocenters. The lowest BCUT2D eigenvalue weighted by molar-refractivity contribution is 0.121. The normalized spacial score (nSPS) is 26.1. The highest BCUT2D eigenvalue weighted by Crippen LogP contribution is 2.37. The maximum Gasteiger partial charge on any atom is 0.151 e. The smallest absolute Gasteiger partial charge is 0.151 e. The van der Waals surface area contributed by atoms with E-state index < -0.39 is 19.7 Å². The molecule has 0 amide bonds. The summed E-state index contributed by atoms with van der Waals surface area (Å²) in [6, 6.07) is 19.4. The molecule has 5 nitrogen and oxygen atoms in total. The quantitative estimate of drug-likeness (QED) is 0.744. The van der Waals surface area contributed by atoms with E-state index in [-0.39, 0.29) is 41.1 Å². The van der Waals surface area contributed by atoms with Gasteiger partial charge < -0.3 is 0 Å². The molecule has 2 aliphatic heterocycles. The summed E-state index contributed by atoms with van der Waals surface area (Å²) in [5.41, 5.74) is 2.12. The van der Waals surface area contributed by atoms with Gasteiger partial charge in [0, 0.05) is 12.1 Å². The molecule has 0 N–H and O–H groups in total. The SMILES string of the molecule is O=S1(=O)CC[C@@H](N(C(c2ccccc2)c2ccccc2)[C@H]2CCS(=O)(=O)C2)C1. The molecule has 0 aromatic heterocycles. The van der Waals surface area contributed by atoms with Crippen molar-refractivity contribution >= 4 is 19.7 Å². The van der Waals surface area contributed by atoms with Crippen LogP contribution in [0.1, 0.15) is 30.0 Å². The zero-order valence-corrected chi connectivity index (χ0v) is 17.3. The molecule has 2 fully saturated rings. The zero-order valence-electron chi connectivity index (χ0n) is 15.6. The highest BCUT2D eigenvalue weighted by Gasteiger charge is 2.43. The number of nitrogens with zero attached hydrogens (tertiary/aromatic N) is 1. The van der Waals surface area contributed by atoms with Crippen molar-refractivity contribution in [3.8, 4) is 0 Å². The van der Waals surface area contributed by atoms with Gasteiger partial charge in [0.25, 0.3) is 0 Å². The third-order valence-electron chi connectivity index (χ3n) is 5.79. The first kappa shape index (κ1) is 19.6. The zero-order chi connectivity index (χ0) is 19.8. The van der Waals surface area contributed by atoms with E-state index in [4.69, 9.17) is 0 Å². The molecule has 28 heavy (non-hydrogen) atoms. The topological polar surface area (TPSA) is 71.5 Å². The summed E-state index contributed by atoms with van der Waals surface area (Å²) in [5.74, 6) is 0.535. The Morgan fingerprint density at radius 1 is 0.679 bits per heavy atom. The molecule has 0 aliphatic carbocycles. The average molecular weight is 420 g/mol. The predicted octanol–water partition coefficient (Wildman–Crippen LogP) is 2.45. The number of sulfone groups is 2. The summed E-state index contributed by atoms with van der Waals surface area (Å²) in [7, 11) is -6.18. The van der Waals surface area contributed by atoms with Gasteiger partial charge in [0.2, 0.25) is 0 Å². The van der Waals surface area contributed by atoms with Crippen molar-refractivity contribution < 1.29 is 16.8 Å². The van der Waals surface area contributed by atoms with Gasteiger partial charge >= 0.3 is 0 Å². The van der Waals surface area contributed by atoms with Crippen LogP contribution in [0.25, 0.3) is 0 Å². The minimum absolute atomic E-state index is 0.0969. The van der Waals surface area contributed by atoms with Crippen LogP contribution in [0.15, 0.2) is 60.7 Å². The molecule has 0 saturated carbocycles. The van der Waals surface area contributed by atoms with Crippen LogP contribution in [0.4, 0.5) is 0 Å². The standard InChI is InChI=1S/C21H25NO4S2/c23-27(24)13-11-19(15-27)22(20-12-14-28(25,26)16-20)21(17-7-3-1-4-8-17)18-9-5-2-6-10-18/h1-10,19-21H,11-16H2/t19-,20+. The van der Waals surface area contributed by atoms with Crippen LogP contribution >= 0.6 is 0 Å². The maximum absolute atomic E-state index is 12.2. The Morgan fingerprint density at radius 3 is 1.39 bits per heavy atom. The van der Waals surface area contributed by atoms with Crippen LogP contribution in [-0.2, 0) is 19.7 Å². The third-order valence-corrected chi connectivity index (χ3v) is 9.29. The van der Waals surface area contributed by atoms with E-state index in [1.54, 1.807) is 0 Å². The van der Waals surface area contributed by atoms with Crippen LogP contribution in [0, 0.1) is 0 Å². The first-order chi connectivity index (χ1) is 13.3. The fourth-order valence-electron chi connectivity index (χ4n) is 4.55. The second-order valence-electron chi connectivity index (χ2n) is 7.78. The summed E-state index contributed by atoms with van der Waals surface area (Å²) in [5, 5.41) is 0. The van der Waals surface area contributed by atoms with Gasteiger partial charge in [-0.1, -0.05) is 60.7 Å². The second kappa shape index (κ2) is 7.61. The Kier molecular flexibility index (Phi) is 5.33. The summed E-state index contributed by atoms with van der Waals surface area (Å²) in [6.07, 6.45) is 1.10. The molecule has 2 aliphatic rings. The first-order valence-electron chi connectivity index (χ1n) is 9.63. The summed E-state index contributed by atoms with van der Waals surface area (Å²) in [4.78, 5) is 2.19. The average Bonchev–Trinajstić information content (AvgIpc) is 3.22. The van der Waals surface area contributed by atoms with Crippen LogP contribution in [-0.4, -0.2) is 56.8 Å². The van der Waals surface area contributed by atoms with Gasteiger partial charge in [-0.3, -0.25) is 4.90 Å². The summed E-state index contributed by atoms with van der Waals surface area (Å²) in [6.45, 7) is 0. The number of benzene rings is 2. The minimum atomic E-state index is -3.09. The first-order valence-corrected chi connectivity index (χ1v) is 13.3. The van der Waals surface area contributed by atoms with Crippen molar-refractivity contribution in [2.75, 3.05) is 23.0 Å². The molecule has 2 aromatic rings. The molecule has 0 bridgehead atoms. The van der Waals surface area contributed by atoms with E-state index in [1.165, 1.54) is 0 Å². The highest BCUT2D eigenvalue weighted by atomic mass is 32.2. The van der Waals surface area contributed by atoms with Gasteiger partial charge in [-0.2, -0.15) is 0 Å². The lowest BCUT2D eigenvalue weighted by atomic mass is 9.93. The van der Waals surface area contributed by atoms with E-state index >= 15 is 0 Å². The van der Waals surface area contributed by atoms with E-state index in [0.717, 1.165) is 11.1 Å². The van der Waals surface area contributed by atoms with Gasteiger partial charge in [0.05, 0.1) is 29.1 Å². The predicted molar refractivity (Wildman–Crippen MR) is 111 cm³/mol. The Hall–Kier alpha value is -1.70. The Morgan fingerprint density at radius 2 is 1.07 bits per heavy atom. The van der Waals surface area contributed by atoms with E-state index in [0.29, 0.717) is 12.8 Å². The summed E-state index contributed by atoms with van der Waals surface area (Å²) >= 11 is 0. The third kappa shape index (κ3) is 4.16. The molecule has 0 spiro atoms. The van der Waals surface area contributed by atoms with Crippen LogP contribution in [0.2, 0.25) is 0 Å². The van der Waals surface area contributed by atoms with Crippen molar-refractivity contribution in [2.24, 2.45) is 0 Å². The fourth-order valence-corrected chi connectivity index (χ4v) is 7.99. The number of hydrogen-bond acceptors (Lipinski definition) is 5. The lowest BCUT2D eigenvalue weighted by Crippen LogP contribution is -2.47. The van der Waals surface area contributed by atoms with Gasteiger partial charge in [0.15, 0.2) is 19.7 Å². The highest BCUT2D eigenvalue weighted by molar-refractivity contribution is 7.92. The Bertz CT molecular complexity index is 937. The van der Waals surface area contributed by atoms with Crippen molar-refractivity contribution in [1.82, 2.24) is 4.90 Å². The molecular formula is C21H25NO4S2. The Labute approximate surface area is 167 Å². The number of hydrogen-bond donors (Lipinski definition) is 0. The molecule has 2 saturated heterocycles. The number of rotatable bonds is 5. The largest absolute Gasteiger partial charge is 0.284 e. The van der Waals surface area contributed by atoms with Crippen molar-refractivity contribution in [2.45, 2.75) is 31.0 Å².